The van der Waals surface area contributed by atoms with Crippen LogP contribution >= 0.6 is 0 Å². The van der Waals surface area contributed by atoms with Crippen molar-refractivity contribution >= 4 is 11.6 Å². The van der Waals surface area contributed by atoms with Crippen LogP contribution in [0.2, 0.25) is 0 Å². The average Bonchev–Trinajstić information content (AvgIpc) is 2.39. The maximum Gasteiger partial charge on any atom is 0.253 e. The van der Waals surface area contributed by atoms with Crippen LogP contribution in [0.25, 0.3) is 0 Å². The minimum atomic E-state index is -0.747. The molecule has 2 aromatic rings. The summed E-state index contributed by atoms with van der Waals surface area (Å²) in [6.45, 7) is 0. The number of amides is 1. The van der Waals surface area contributed by atoms with Crippen molar-refractivity contribution in [1.29, 1.82) is 0 Å². The molecule has 2 N–H and O–H groups in total. The van der Waals surface area contributed by atoms with Gasteiger partial charge in [0.05, 0.1) is 5.69 Å². The van der Waals surface area contributed by atoms with E-state index in [0.29, 0.717) is 5.56 Å². The summed E-state index contributed by atoms with van der Waals surface area (Å²) in [6.07, 6.45) is 0. The van der Waals surface area contributed by atoms with E-state index in [1.807, 2.05) is 0 Å². The van der Waals surface area contributed by atoms with Gasteiger partial charge in [0.2, 0.25) is 0 Å². The van der Waals surface area contributed by atoms with Gasteiger partial charge in [0.25, 0.3) is 5.91 Å². The minimum Gasteiger partial charge on any atom is -0.455 e. The molecule has 0 aliphatic carbocycles. The fourth-order valence-electron chi connectivity index (χ4n) is 1.75. The maximum atomic E-state index is 13.1. The SMILES string of the molecule is CN(C)C(=O)c1ccc(Oc2cc(F)cc(F)c2)c(N)c1. The highest BCUT2D eigenvalue weighted by molar-refractivity contribution is 5.95. The van der Waals surface area contributed by atoms with E-state index in [1.165, 1.54) is 23.1 Å². The molecule has 2 aromatic carbocycles. The van der Waals surface area contributed by atoms with E-state index < -0.39 is 11.6 Å². The molecule has 2 rings (SSSR count). The summed E-state index contributed by atoms with van der Waals surface area (Å²) in [7, 11) is 3.25. The number of rotatable bonds is 3. The zero-order valence-corrected chi connectivity index (χ0v) is 11.6. The number of benzene rings is 2. The molecule has 21 heavy (non-hydrogen) atoms. The molecule has 110 valence electrons. The highest BCUT2D eigenvalue weighted by Crippen LogP contribution is 2.29. The smallest absolute Gasteiger partial charge is 0.253 e. The minimum absolute atomic E-state index is 0.00844. The molecule has 0 fully saturated rings. The highest BCUT2D eigenvalue weighted by Gasteiger charge is 2.11. The summed E-state index contributed by atoms with van der Waals surface area (Å²) in [5.74, 6) is -1.49. The highest BCUT2D eigenvalue weighted by atomic mass is 19.1. The molecular weight excluding hydrogens is 278 g/mol. The first-order valence-corrected chi connectivity index (χ1v) is 6.12. The first-order chi connectivity index (χ1) is 9.86. The van der Waals surface area contributed by atoms with Crippen molar-refractivity contribution in [1.82, 2.24) is 4.90 Å². The summed E-state index contributed by atoms with van der Waals surface area (Å²) in [6, 6.07) is 7.30. The van der Waals surface area contributed by atoms with Crippen LogP contribution in [0.4, 0.5) is 14.5 Å². The molecule has 0 saturated heterocycles. The van der Waals surface area contributed by atoms with Crippen LogP contribution in [0.15, 0.2) is 36.4 Å². The number of anilines is 1. The first kappa shape index (κ1) is 14.8. The van der Waals surface area contributed by atoms with Crippen molar-refractivity contribution in [3.8, 4) is 11.5 Å². The fourth-order valence-corrected chi connectivity index (χ4v) is 1.75. The van der Waals surface area contributed by atoms with Crippen LogP contribution in [-0.4, -0.2) is 24.9 Å². The Morgan fingerprint density at radius 3 is 2.24 bits per heavy atom. The Balaban J connectivity index is 2.27. The predicted octanol–water partition coefficient (Wildman–Crippen LogP) is 3.04. The monoisotopic (exact) mass is 292 g/mol. The molecule has 0 atom stereocenters. The summed E-state index contributed by atoms with van der Waals surface area (Å²) in [5.41, 5.74) is 6.40. The lowest BCUT2D eigenvalue weighted by molar-refractivity contribution is 0.0827. The number of ether oxygens (including phenoxy) is 1. The number of hydrogen-bond acceptors (Lipinski definition) is 3. The van der Waals surface area contributed by atoms with Crippen molar-refractivity contribution in [2.24, 2.45) is 0 Å². The molecule has 6 heteroatoms. The zero-order chi connectivity index (χ0) is 15.6. The van der Waals surface area contributed by atoms with Crippen molar-refractivity contribution in [2.75, 3.05) is 19.8 Å². The number of nitrogens with two attached hydrogens (primary N) is 1. The van der Waals surface area contributed by atoms with Gasteiger partial charge in [-0.15, -0.1) is 0 Å². The second kappa shape index (κ2) is 5.78. The molecule has 0 aromatic heterocycles. The van der Waals surface area contributed by atoms with Gasteiger partial charge in [-0.2, -0.15) is 0 Å². The quantitative estimate of drug-likeness (QED) is 0.885. The van der Waals surface area contributed by atoms with Gasteiger partial charge in [-0.3, -0.25) is 4.79 Å². The second-order valence-corrected chi connectivity index (χ2v) is 4.66. The normalized spacial score (nSPS) is 10.3. The number of halogens is 2. The van der Waals surface area contributed by atoms with E-state index in [1.54, 1.807) is 14.1 Å². The maximum absolute atomic E-state index is 13.1. The lowest BCUT2D eigenvalue weighted by Gasteiger charge is -2.13. The molecule has 0 radical (unpaired) electrons. The van der Waals surface area contributed by atoms with Crippen molar-refractivity contribution in [3.63, 3.8) is 0 Å². The third kappa shape index (κ3) is 3.47. The predicted molar refractivity (Wildman–Crippen MR) is 75.3 cm³/mol. The molecule has 4 nitrogen and oxygen atoms in total. The van der Waals surface area contributed by atoms with E-state index in [0.717, 1.165) is 18.2 Å². The van der Waals surface area contributed by atoms with Crippen LogP contribution in [0.5, 0.6) is 11.5 Å². The molecule has 0 bridgehead atoms. The van der Waals surface area contributed by atoms with Crippen molar-refractivity contribution in [2.45, 2.75) is 0 Å². The largest absolute Gasteiger partial charge is 0.455 e. The van der Waals surface area contributed by atoms with Gasteiger partial charge in [0.15, 0.2) is 0 Å². The number of carbonyl (C=O) groups is 1. The Kier molecular flexibility index (Phi) is 4.07. The van der Waals surface area contributed by atoms with E-state index in [4.69, 9.17) is 10.5 Å². The topological polar surface area (TPSA) is 55.6 Å². The Hall–Kier alpha value is -2.63. The number of nitrogens with zero attached hydrogens (tertiary/aromatic N) is 1. The molecule has 0 spiro atoms. The van der Waals surface area contributed by atoms with Gasteiger partial charge in [-0.25, -0.2) is 8.78 Å². The first-order valence-electron chi connectivity index (χ1n) is 6.12. The van der Waals surface area contributed by atoms with E-state index in [-0.39, 0.29) is 23.1 Å². The number of hydrogen-bond donors (Lipinski definition) is 1. The summed E-state index contributed by atoms with van der Waals surface area (Å²) < 4.78 is 31.5. The van der Waals surface area contributed by atoms with Crippen LogP contribution in [0, 0.1) is 11.6 Å². The third-order valence-electron chi connectivity index (χ3n) is 2.73. The van der Waals surface area contributed by atoms with Crippen LogP contribution in [-0.2, 0) is 0 Å². The lowest BCUT2D eigenvalue weighted by atomic mass is 10.1. The number of carbonyl (C=O) groups excluding carboxylic acids is 1. The van der Waals surface area contributed by atoms with Gasteiger partial charge < -0.3 is 15.4 Å². The Morgan fingerprint density at radius 1 is 1.10 bits per heavy atom. The van der Waals surface area contributed by atoms with Gasteiger partial charge in [0.1, 0.15) is 23.1 Å². The molecule has 0 aliphatic heterocycles. The number of nitrogen functional groups attached to an aromatic ring is 1. The molecule has 0 unspecified atom stereocenters. The summed E-state index contributed by atoms with van der Waals surface area (Å²) in [4.78, 5) is 13.2. The standard InChI is InChI=1S/C15H14F2N2O2/c1-19(2)15(20)9-3-4-14(13(18)5-9)21-12-7-10(16)6-11(17)8-12/h3-8H,18H2,1-2H3. The zero-order valence-electron chi connectivity index (χ0n) is 11.6. The molecule has 0 heterocycles. The van der Waals surface area contributed by atoms with Gasteiger partial charge >= 0.3 is 0 Å². The van der Waals surface area contributed by atoms with Gasteiger partial charge in [0, 0.05) is 37.9 Å². The summed E-state index contributed by atoms with van der Waals surface area (Å²) in [5, 5.41) is 0. The van der Waals surface area contributed by atoms with E-state index in [2.05, 4.69) is 0 Å². The molecule has 0 saturated carbocycles. The third-order valence-corrected chi connectivity index (χ3v) is 2.73. The second-order valence-electron chi connectivity index (χ2n) is 4.66. The summed E-state index contributed by atoms with van der Waals surface area (Å²) >= 11 is 0. The van der Waals surface area contributed by atoms with Gasteiger partial charge in [-0.05, 0) is 18.2 Å². The average molecular weight is 292 g/mol. The molecular formula is C15H14F2N2O2. The van der Waals surface area contributed by atoms with Crippen LogP contribution in [0.3, 0.4) is 0 Å². The van der Waals surface area contributed by atoms with Crippen molar-refractivity contribution in [3.05, 3.63) is 53.6 Å². The van der Waals surface area contributed by atoms with Crippen molar-refractivity contribution < 1.29 is 18.3 Å². The van der Waals surface area contributed by atoms with E-state index in [9.17, 15) is 13.6 Å². The lowest BCUT2D eigenvalue weighted by Crippen LogP contribution is -2.21. The Labute approximate surface area is 120 Å². The Bertz CT molecular complexity index is 667. The van der Waals surface area contributed by atoms with E-state index >= 15 is 0 Å². The van der Waals surface area contributed by atoms with Crippen LogP contribution in [0.1, 0.15) is 10.4 Å². The van der Waals surface area contributed by atoms with Gasteiger partial charge in [-0.1, -0.05) is 0 Å². The molecule has 1 amide bonds. The Morgan fingerprint density at radius 2 is 1.71 bits per heavy atom. The van der Waals surface area contributed by atoms with Crippen LogP contribution < -0.4 is 10.5 Å². The molecule has 0 aliphatic rings. The fraction of sp³-hybridized carbons (Fsp3) is 0.133.